The fourth-order valence-corrected chi connectivity index (χ4v) is 2.07. The number of benzene rings is 1. The summed E-state index contributed by atoms with van der Waals surface area (Å²) in [6.45, 7) is 3.59. The molecule has 0 spiro atoms. The minimum atomic E-state index is -0.751. The molecule has 2 rings (SSSR count). The van der Waals surface area contributed by atoms with Crippen molar-refractivity contribution in [2.45, 2.75) is 19.9 Å². The van der Waals surface area contributed by atoms with Gasteiger partial charge in [0.05, 0.1) is 12.5 Å². The van der Waals surface area contributed by atoms with Crippen LogP contribution in [0.3, 0.4) is 0 Å². The third kappa shape index (κ3) is 1.99. The van der Waals surface area contributed by atoms with E-state index in [4.69, 9.17) is 10.5 Å². The van der Waals surface area contributed by atoms with Crippen LogP contribution in [-0.2, 0) is 9.53 Å². The van der Waals surface area contributed by atoms with Gasteiger partial charge in [-0.2, -0.15) is 0 Å². The van der Waals surface area contributed by atoms with Crippen molar-refractivity contribution in [3.05, 3.63) is 36.0 Å². The van der Waals surface area contributed by atoms with Gasteiger partial charge in [-0.3, -0.25) is 4.79 Å². The highest BCUT2D eigenvalue weighted by atomic mass is 16.5. The van der Waals surface area contributed by atoms with Gasteiger partial charge in [-0.1, -0.05) is 6.07 Å². The Morgan fingerprint density at radius 1 is 1.39 bits per heavy atom. The molecule has 18 heavy (non-hydrogen) atoms. The maximum atomic E-state index is 11.8. The molecule has 0 fully saturated rings. The van der Waals surface area contributed by atoms with Crippen LogP contribution in [-0.4, -0.2) is 18.1 Å². The van der Waals surface area contributed by atoms with E-state index in [-0.39, 0.29) is 5.97 Å². The lowest BCUT2D eigenvalue weighted by atomic mass is 9.81. The number of aromatic amines is 1. The largest absolute Gasteiger partial charge is 0.469 e. The lowest BCUT2D eigenvalue weighted by Gasteiger charge is -2.29. The van der Waals surface area contributed by atoms with Crippen LogP contribution in [0.15, 0.2) is 30.5 Å². The fraction of sp³-hybridized carbons (Fsp3) is 0.357. The molecule has 0 amide bonds. The lowest BCUT2D eigenvalue weighted by molar-refractivity contribution is -0.152. The molecule has 0 unspecified atom stereocenters. The molecule has 1 heterocycles. The topological polar surface area (TPSA) is 68.1 Å². The van der Waals surface area contributed by atoms with E-state index < -0.39 is 11.5 Å². The summed E-state index contributed by atoms with van der Waals surface area (Å²) < 4.78 is 4.81. The Labute approximate surface area is 106 Å². The number of rotatable bonds is 3. The molecule has 4 nitrogen and oxygen atoms in total. The fourth-order valence-electron chi connectivity index (χ4n) is 2.07. The first-order valence-electron chi connectivity index (χ1n) is 5.88. The number of nitrogens with one attached hydrogen (secondary N) is 1. The van der Waals surface area contributed by atoms with Crippen LogP contribution in [0, 0.1) is 5.41 Å². The molecule has 0 saturated heterocycles. The van der Waals surface area contributed by atoms with Crippen LogP contribution in [0.5, 0.6) is 0 Å². The van der Waals surface area contributed by atoms with E-state index in [1.807, 2.05) is 30.5 Å². The number of H-pyrrole nitrogens is 1. The average Bonchev–Trinajstić information content (AvgIpc) is 2.83. The van der Waals surface area contributed by atoms with Crippen LogP contribution in [0.4, 0.5) is 0 Å². The Hall–Kier alpha value is -1.81. The van der Waals surface area contributed by atoms with E-state index in [2.05, 4.69) is 4.98 Å². The number of hydrogen-bond donors (Lipinski definition) is 2. The number of hydrogen-bond acceptors (Lipinski definition) is 3. The summed E-state index contributed by atoms with van der Waals surface area (Å²) in [6.07, 6.45) is 1.88. The van der Waals surface area contributed by atoms with Crippen molar-refractivity contribution in [1.82, 2.24) is 4.98 Å². The molecule has 3 N–H and O–H groups in total. The predicted molar refractivity (Wildman–Crippen MR) is 71.0 cm³/mol. The van der Waals surface area contributed by atoms with E-state index in [0.717, 1.165) is 16.5 Å². The van der Waals surface area contributed by atoms with E-state index in [1.165, 1.54) is 7.11 Å². The highest BCUT2D eigenvalue weighted by Crippen LogP contribution is 2.33. The second kappa shape index (κ2) is 4.46. The summed E-state index contributed by atoms with van der Waals surface area (Å²) >= 11 is 0. The van der Waals surface area contributed by atoms with Gasteiger partial charge in [0.15, 0.2) is 0 Å². The number of ether oxygens (including phenoxy) is 1. The highest BCUT2D eigenvalue weighted by molar-refractivity contribution is 5.81. The normalized spacial score (nSPS) is 13.6. The van der Waals surface area contributed by atoms with Gasteiger partial charge in [-0.15, -0.1) is 0 Å². The van der Waals surface area contributed by atoms with E-state index >= 15 is 0 Å². The summed E-state index contributed by atoms with van der Waals surface area (Å²) in [7, 11) is 1.38. The van der Waals surface area contributed by atoms with Gasteiger partial charge >= 0.3 is 5.97 Å². The minimum Gasteiger partial charge on any atom is -0.469 e. The van der Waals surface area contributed by atoms with E-state index in [9.17, 15) is 4.79 Å². The van der Waals surface area contributed by atoms with Crippen LogP contribution >= 0.6 is 0 Å². The van der Waals surface area contributed by atoms with Crippen molar-refractivity contribution in [3.63, 3.8) is 0 Å². The standard InChI is InChI=1S/C14H18N2O2/c1-14(2,13(17)18-3)12(15)10-4-5-11-9(8-10)6-7-16-11/h4-8,12,16H,15H2,1-3H3/t12-/m1/s1. The third-order valence-corrected chi connectivity index (χ3v) is 3.43. The quantitative estimate of drug-likeness (QED) is 0.817. The smallest absolute Gasteiger partial charge is 0.313 e. The number of aromatic nitrogens is 1. The zero-order chi connectivity index (χ0) is 13.3. The monoisotopic (exact) mass is 246 g/mol. The molecular formula is C14H18N2O2. The number of nitrogens with two attached hydrogens (primary N) is 1. The van der Waals surface area contributed by atoms with Crippen molar-refractivity contribution < 1.29 is 9.53 Å². The lowest BCUT2D eigenvalue weighted by Crippen LogP contribution is -2.37. The molecule has 1 atom stereocenters. The molecule has 4 heteroatoms. The third-order valence-electron chi connectivity index (χ3n) is 3.43. The summed E-state index contributed by atoms with van der Waals surface area (Å²) in [5, 5.41) is 1.09. The molecular weight excluding hydrogens is 228 g/mol. The Bertz CT molecular complexity index is 572. The zero-order valence-corrected chi connectivity index (χ0v) is 10.9. The summed E-state index contributed by atoms with van der Waals surface area (Å²) in [5.74, 6) is -0.302. The first-order valence-corrected chi connectivity index (χ1v) is 5.88. The van der Waals surface area contributed by atoms with Crippen LogP contribution in [0.2, 0.25) is 0 Å². The van der Waals surface area contributed by atoms with Crippen molar-refractivity contribution >= 4 is 16.9 Å². The first kappa shape index (κ1) is 12.6. The second-order valence-corrected chi connectivity index (χ2v) is 5.02. The zero-order valence-electron chi connectivity index (χ0n) is 10.9. The van der Waals surface area contributed by atoms with E-state index in [1.54, 1.807) is 13.8 Å². The molecule has 0 saturated carbocycles. The summed E-state index contributed by atoms with van der Waals surface area (Å²) in [4.78, 5) is 14.9. The van der Waals surface area contributed by atoms with Crippen molar-refractivity contribution in [2.75, 3.05) is 7.11 Å². The minimum absolute atomic E-state index is 0.302. The van der Waals surface area contributed by atoms with Crippen LogP contribution in [0.25, 0.3) is 10.9 Å². The van der Waals surface area contributed by atoms with Crippen molar-refractivity contribution in [1.29, 1.82) is 0 Å². The van der Waals surface area contributed by atoms with Gasteiger partial charge in [0.1, 0.15) is 0 Å². The van der Waals surface area contributed by atoms with Gasteiger partial charge in [0.2, 0.25) is 0 Å². The van der Waals surface area contributed by atoms with Gasteiger partial charge in [0.25, 0.3) is 0 Å². The molecule has 1 aromatic heterocycles. The maximum Gasteiger partial charge on any atom is 0.313 e. The first-order chi connectivity index (χ1) is 8.46. The van der Waals surface area contributed by atoms with Gasteiger partial charge in [0, 0.05) is 17.8 Å². The number of fused-ring (bicyclic) bond motifs is 1. The van der Waals surface area contributed by atoms with Crippen molar-refractivity contribution in [3.8, 4) is 0 Å². The average molecular weight is 246 g/mol. The van der Waals surface area contributed by atoms with E-state index in [0.29, 0.717) is 0 Å². The second-order valence-electron chi connectivity index (χ2n) is 5.02. The molecule has 1 aromatic carbocycles. The van der Waals surface area contributed by atoms with Gasteiger partial charge in [-0.05, 0) is 43.0 Å². The predicted octanol–water partition coefficient (Wildman–Crippen LogP) is 2.37. The summed E-state index contributed by atoms with van der Waals surface area (Å²) in [6, 6.07) is 7.49. The molecule has 96 valence electrons. The number of carbonyl (C=O) groups excluding carboxylic acids is 1. The maximum absolute atomic E-state index is 11.8. The molecule has 0 aliphatic rings. The molecule has 0 aliphatic heterocycles. The Kier molecular flexibility index (Phi) is 3.13. The number of carbonyl (C=O) groups is 1. The molecule has 0 aliphatic carbocycles. The Balaban J connectivity index is 2.38. The summed E-state index contributed by atoms with van der Waals surface area (Å²) in [5.41, 5.74) is 7.43. The SMILES string of the molecule is COC(=O)C(C)(C)[C@H](N)c1ccc2[nH]ccc2c1. The molecule has 2 aromatic rings. The number of esters is 1. The van der Waals surface area contributed by atoms with Gasteiger partial charge < -0.3 is 15.5 Å². The molecule has 0 bridgehead atoms. The van der Waals surface area contributed by atoms with Crippen molar-refractivity contribution in [2.24, 2.45) is 11.1 Å². The number of methoxy groups -OCH3 is 1. The Morgan fingerprint density at radius 2 is 2.11 bits per heavy atom. The molecule has 0 radical (unpaired) electrons. The van der Waals surface area contributed by atoms with Crippen LogP contribution in [0.1, 0.15) is 25.5 Å². The van der Waals surface area contributed by atoms with Crippen LogP contribution < -0.4 is 5.73 Å². The Morgan fingerprint density at radius 3 is 2.78 bits per heavy atom. The highest BCUT2D eigenvalue weighted by Gasteiger charge is 2.36. The van der Waals surface area contributed by atoms with Gasteiger partial charge in [-0.25, -0.2) is 0 Å².